The maximum atomic E-state index is 11.3. The van der Waals surface area contributed by atoms with E-state index in [1.165, 1.54) is 32.2 Å². The predicted octanol–water partition coefficient (Wildman–Crippen LogP) is 2.48. The van der Waals surface area contributed by atoms with Crippen molar-refractivity contribution in [1.82, 2.24) is 4.90 Å². The van der Waals surface area contributed by atoms with E-state index >= 15 is 0 Å². The third-order valence-electron chi connectivity index (χ3n) is 5.25. The van der Waals surface area contributed by atoms with Gasteiger partial charge in [-0.15, -0.1) is 0 Å². The van der Waals surface area contributed by atoms with Gasteiger partial charge in [-0.05, 0) is 50.5 Å². The maximum absolute atomic E-state index is 11.3. The van der Waals surface area contributed by atoms with Crippen molar-refractivity contribution in [2.24, 2.45) is 17.8 Å². The molecule has 4 unspecified atom stereocenters. The topological polar surface area (TPSA) is 20.3 Å². The van der Waals surface area contributed by atoms with Gasteiger partial charge in [-0.3, -0.25) is 4.79 Å². The molecular weight excluding hydrogens is 198 g/mol. The predicted molar refractivity (Wildman–Crippen MR) is 64.2 cm³/mol. The molecule has 2 nitrogen and oxygen atoms in total. The molecule has 0 aromatic rings. The summed E-state index contributed by atoms with van der Waals surface area (Å²) in [5.74, 6) is 3.49. The van der Waals surface area contributed by atoms with Gasteiger partial charge in [0.25, 0.3) is 0 Å². The minimum absolute atomic E-state index is 0.477. The highest BCUT2D eigenvalue weighted by Gasteiger charge is 2.40. The Morgan fingerprint density at radius 2 is 2.12 bits per heavy atom. The Kier molecular flexibility index (Phi) is 2.78. The third kappa shape index (κ3) is 1.92. The third-order valence-corrected chi connectivity index (χ3v) is 5.25. The van der Waals surface area contributed by atoms with Crippen molar-refractivity contribution >= 4 is 5.78 Å². The molecule has 0 saturated heterocycles. The molecule has 0 spiro atoms. The van der Waals surface area contributed by atoms with Crippen molar-refractivity contribution in [2.75, 3.05) is 13.6 Å². The van der Waals surface area contributed by atoms with Gasteiger partial charge in [0, 0.05) is 25.4 Å². The Hall–Kier alpha value is -0.370. The Bertz CT molecular complexity index is 288. The van der Waals surface area contributed by atoms with E-state index in [0.29, 0.717) is 11.8 Å². The zero-order chi connectivity index (χ0) is 11.1. The number of rotatable bonds is 3. The number of ketones is 1. The van der Waals surface area contributed by atoms with Gasteiger partial charge in [-0.25, -0.2) is 0 Å². The fourth-order valence-corrected chi connectivity index (χ4v) is 4.29. The van der Waals surface area contributed by atoms with Crippen LogP contribution in [-0.4, -0.2) is 30.3 Å². The quantitative estimate of drug-likeness (QED) is 0.729. The summed E-state index contributed by atoms with van der Waals surface area (Å²) >= 11 is 0. The molecule has 0 heterocycles. The number of fused-ring (bicyclic) bond motifs is 2. The van der Waals surface area contributed by atoms with Gasteiger partial charge >= 0.3 is 0 Å². The van der Waals surface area contributed by atoms with Crippen LogP contribution in [0.4, 0.5) is 0 Å². The lowest BCUT2D eigenvalue weighted by atomic mass is 9.88. The standard InChI is InChI=1S/C14H23NO/c1-15(13-4-5-14(16)8-13)9-12-7-10-2-3-11(12)6-10/h10-13H,2-9H2,1H3. The van der Waals surface area contributed by atoms with Crippen molar-refractivity contribution in [3.05, 3.63) is 0 Å². The molecule has 0 aromatic carbocycles. The molecule has 3 saturated carbocycles. The van der Waals surface area contributed by atoms with Gasteiger partial charge < -0.3 is 4.90 Å². The fraction of sp³-hybridized carbons (Fsp3) is 0.929. The second-order valence-corrected chi connectivity index (χ2v) is 6.31. The van der Waals surface area contributed by atoms with Crippen LogP contribution in [0.1, 0.15) is 44.9 Å². The summed E-state index contributed by atoms with van der Waals surface area (Å²) in [5.41, 5.74) is 0. The molecule has 90 valence electrons. The average Bonchev–Trinajstić information content (AvgIpc) is 2.92. The van der Waals surface area contributed by atoms with Crippen LogP contribution in [0.25, 0.3) is 0 Å². The summed E-state index contributed by atoms with van der Waals surface area (Å²) < 4.78 is 0. The van der Waals surface area contributed by atoms with Crippen molar-refractivity contribution in [3.63, 3.8) is 0 Å². The van der Waals surface area contributed by atoms with Crippen LogP contribution >= 0.6 is 0 Å². The molecule has 2 bridgehead atoms. The van der Waals surface area contributed by atoms with Gasteiger partial charge in [0.05, 0.1) is 0 Å². The summed E-state index contributed by atoms with van der Waals surface area (Å²) in [6.45, 7) is 1.25. The molecule has 2 heteroatoms. The summed E-state index contributed by atoms with van der Waals surface area (Å²) in [4.78, 5) is 13.8. The number of hydrogen-bond donors (Lipinski definition) is 0. The van der Waals surface area contributed by atoms with Crippen molar-refractivity contribution in [2.45, 2.75) is 51.0 Å². The van der Waals surface area contributed by atoms with E-state index < -0.39 is 0 Å². The first kappa shape index (κ1) is 10.8. The Morgan fingerprint density at radius 3 is 2.69 bits per heavy atom. The molecule has 3 aliphatic rings. The number of Topliss-reactive ketones (excluding diaryl/α,β-unsaturated/α-hetero) is 1. The van der Waals surface area contributed by atoms with Gasteiger partial charge in [-0.2, -0.15) is 0 Å². The normalized spacial score (nSPS) is 42.5. The van der Waals surface area contributed by atoms with Crippen LogP contribution in [0.2, 0.25) is 0 Å². The smallest absolute Gasteiger partial charge is 0.134 e. The minimum atomic E-state index is 0.477. The number of carbonyl (C=O) groups is 1. The lowest BCUT2D eigenvalue weighted by Crippen LogP contribution is -2.35. The first-order valence-electron chi connectivity index (χ1n) is 6.94. The lowest BCUT2D eigenvalue weighted by Gasteiger charge is -2.30. The Balaban J connectivity index is 1.53. The monoisotopic (exact) mass is 221 g/mol. The summed E-state index contributed by atoms with van der Waals surface area (Å²) in [6, 6.07) is 0.562. The van der Waals surface area contributed by atoms with Crippen LogP contribution in [0.15, 0.2) is 0 Å². The van der Waals surface area contributed by atoms with E-state index in [2.05, 4.69) is 11.9 Å². The molecule has 0 amide bonds. The van der Waals surface area contributed by atoms with E-state index in [0.717, 1.165) is 37.0 Å². The largest absolute Gasteiger partial charge is 0.303 e. The lowest BCUT2D eigenvalue weighted by molar-refractivity contribution is -0.117. The molecule has 3 aliphatic carbocycles. The SMILES string of the molecule is CN(CC1CC2CCC1C2)C1CCC(=O)C1. The molecule has 3 rings (SSSR count). The van der Waals surface area contributed by atoms with E-state index in [4.69, 9.17) is 0 Å². The highest BCUT2D eigenvalue weighted by molar-refractivity contribution is 5.81. The minimum Gasteiger partial charge on any atom is -0.303 e. The highest BCUT2D eigenvalue weighted by Crippen LogP contribution is 2.48. The van der Waals surface area contributed by atoms with E-state index in [9.17, 15) is 4.79 Å². The molecule has 0 aromatic heterocycles. The highest BCUT2D eigenvalue weighted by atomic mass is 16.1. The zero-order valence-corrected chi connectivity index (χ0v) is 10.3. The average molecular weight is 221 g/mol. The van der Waals surface area contributed by atoms with E-state index in [1.54, 1.807) is 0 Å². The zero-order valence-electron chi connectivity index (χ0n) is 10.3. The molecule has 0 aliphatic heterocycles. The first-order valence-corrected chi connectivity index (χ1v) is 6.94. The van der Waals surface area contributed by atoms with Crippen LogP contribution in [0.3, 0.4) is 0 Å². The van der Waals surface area contributed by atoms with Gasteiger partial charge in [0.1, 0.15) is 5.78 Å². The Labute approximate surface area is 98.4 Å². The van der Waals surface area contributed by atoms with Crippen molar-refractivity contribution in [3.8, 4) is 0 Å². The second-order valence-electron chi connectivity index (χ2n) is 6.31. The molecule has 3 fully saturated rings. The van der Waals surface area contributed by atoms with Crippen LogP contribution in [-0.2, 0) is 4.79 Å². The Morgan fingerprint density at radius 1 is 1.25 bits per heavy atom. The second kappa shape index (κ2) is 4.14. The van der Waals surface area contributed by atoms with Crippen LogP contribution in [0.5, 0.6) is 0 Å². The van der Waals surface area contributed by atoms with E-state index in [-0.39, 0.29) is 0 Å². The molecular formula is C14H23NO. The van der Waals surface area contributed by atoms with Crippen molar-refractivity contribution in [1.29, 1.82) is 0 Å². The molecule has 16 heavy (non-hydrogen) atoms. The number of carbonyl (C=O) groups excluding carboxylic acids is 1. The molecule has 0 radical (unpaired) electrons. The first-order chi connectivity index (χ1) is 7.72. The van der Waals surface area contributed by atoms with Crippen LogP contribution < -0.4 is 0 Å². The summed E-state index contributed by atoms with van der Waals surface area (Å²) in [5, 5.41) is 0. The number of nitrogens with zero attached hydrogens (tertiary/aromatic N) is 1. The summed E-state index contributed by atoms with van der Waals surface area (Å²) in [6.07, 6.45) is 8.69. The van der Waals surface area contributed by atoms with Gasteiger partial charge in [0.2, 0.25) is 0 Å². The van der Waals surface area contributed by atoms with Gasteiger partial charge in [0.15, 0.2) is 0 Å². The van der Waals surface area contributed by atoms with Gasteiger partial charge in [-0.1, -0.05) is 6.42 Å². The van der Waals surface area contributed by atoms with E-state index in [1.807, 2.05) is 0 Å². The van der Waals surface area contributed by atoms with Crippen molar-refractivity contribution < 1.29 is 4.79 Å². The van der Waals surface area contributed by atoms with Crippen LogP contribution in [0, 0.1) is 17.8 Å². The number of hydrogen-bond acceptors (Lipinski definition) is 2. The maximum Gasteiger partial charge on any atom is 0.134 e. The fourth-order valence-electron chi connectivity index (χ4n) is 4.29. The molecule has 0 N–H and O–H groups in total. The molecule has 4 atom stereocenters. The summed E-state index contributed by atoms with van der Waals surface area (Å²) in [7, 11) is 2.23.